The van der Waals surface area contributed by atoms with Gasteiger partial charge in [0.2, 0.25) is 10.0 Å². The number of amides is 1. The number of hydrogen-bond donors (Lipinski definition) is 3. The van der Waals surface area contributed by atoms with Crippen LogP contribution in [0, 0.1) is 6.92 Å². The highest BCUT2D eigenvalue weighted by atomic mass is 32.2. The minimum absolute atomic E-state index is 0.0132. The number of carbonyl (C=O) groups is 1. The summed E-state index contributed by atoms with van der Waals surface area (Å²) in [6.07, 6.45) is 2.81. The molecule has 0 radical (unpaired) electrons. The number of fused-ring (bicyclic) bond motifs is 1. The predicted octanol–water partition coefficient (Wildman–Crippen LogP) is 1.97. The van der Waals surface area contributed by atoms with Gasteiger partial charge in [-0.1, -0.05) is 18.2 Å². The van der Waals surface area contributed by atoms with Crippen molar-refractivity contribution in [1.29, 1.82) is 0 Å². The molecule has 0 aliphatic heterocycles. The first-order valence-electron chi connectivity index (χ1n) is 8.05. The minimum atomic E-state index is -3.82. The minimum Gasteiger partial charge on any atom is -0.345 e. The number of nitrogens with two attached hydrogens (primary N) is 2. The van der Waals surface area contributed by atoms with Crippen molar-refractivity contribution in [3.63, 3.8) is 0 Å². The maximum atomic E-state index is 12.6. The average molecular weight is 380 g/mol. The first-order chi connectivity index (χ1) is 11.8. The van der Waals surface area contributed by atoms with Crippen molar-refractivity contribution in [2.45, 2.75) is 43.7 Å². The summed E-state index contributed by atoms with van der Waals surface area (Å²) in [6, 6.07) is 7.38. The van der Waals surface area contributed by atoms with Gasteiger partial charge < -0.3 is 11.1 Å². The highest BCUT2D eigenvalue weighted by Gasteiger charge is 2.25. The van der Waals surface area contributed by atoms with Gasteiger partial charge in [0.1, 0.15) is 0 Å². The largest absolute Gasteiger partial charge is 0.345 e. The number of aryl methyl sites for hydroxylation is 2. The number of nitrogens with one attached hydrogen (secondary N) is 1. The van der Waals surface area contributed by atoms with Crippen LogP contribution in [0.2, 0.25) is 0 Å². The molecular weight excluding hydrogens is 358 g/mol. The third-order valence-electron chi connectivity index (χ3n) is 4.47. The first kappa shape index (κ1) is 18.1. The molecular formula is C17H21N3O3S2. The smallest absolute Gasteiger partial charge is 0.261 e. The van der Waals surface area contributed by atoms with Crippen molar-refractivity contribution in [3.05, 3.63) is 50.7 Å². The second kappa shape index (κ2) is 6.87. The van der Waals surface area contributed by atoms with E-state index in [0.29, 0.717) is 16.3 Å². The van der Waals surface area contributed by atoms with E-state index in [1.54, 1.807) is 6.92 Å². The molecule has 8 heteroatoms. The zero-order valence-electron chi connectivity index (χ0n) is 13.9. The summed E-state index contributed by atoms with van der Waals surface area (Å²) in [6.45, 7) is 2.14. The fourth-order valence-corrected chi connectivity index (χ4v) is 5.28. The highest BCUT2D eigenvalue weighted by molar-refractivity contribution is 7.89. The lowest BCUT2D eigenvalue weighted by atomic mass is 9.86. The predicted molar refractivity (Wildman–Crippen MR) is 97.9 cm³/mol. The SMILES string of the molecule is Cc1sc(C(=O)NC2CCCc3cc(CN)ccc32)cc1S(N)(=O)=O. The third-order valence-corrected chi connectivity index (χ3v) is 6.68. The molecule has 1 aromatic carbocycles. The Bertz CT molecular complexity index is 919. The van der Waals surface area contributed by atoms with Gasteiger partial charge in [-0.2, -0.15) is 0 Å². The Hall–Kier alpha value is -1.74. The van der Waals surface area contributed by atoms with Crippen molar-refractivity contribution in [2.24, 2.45) is 10.9 Å². The Labute approximate surface area is 151 Å². The molecule has 134 valence electrons. The van der Waals surface area contributed by atoms with Crippen LogP contribution in [0.1, 0.15) is 50.1 Å². The molecule has 0 bridgehead atoms. The van der Waals surface area contributed by atoms with E-state index < -0.39 is 10.0 Å². The van der Waals surface area contributed by atoms with Gasteiger partial charge in [-0.15, -0.1) is 11.3 Å². The Balaban J connectivity index is 1.83. The summed E-state index contributed by atoms with van der Waals surface area (Å²) in [7, 11) is -3.82. The van der Waals surface area contributed by atoms with E-state index in [0.717, 1.165) is 41.7 Å². The normalized spacial score (nSPS) is 17.2. The van der Waals surface area contributed by atoms with Crippen molar-refractivity contribution < 1.29 is 13.2 Å². The molecule has 2 aromatic rings. The van der Waals surface area contributed by atoms with Crippen molar-refractivity contribution >= 4 is 27.3 Å². The molecule has 0 fully saturated rings. The molecule has 3 rings (SSSR count). The average Bonchev–Trinajstić information content (AvgIpc) is 2.97. The molecule has 1 aliphatic carbocycles. The van der Waals surface area contributed by atoms with E-state index in [1.165, 1.54) is 11.6 Å². The standard InChI is InChI=1S/C17H21N3O3S2/c1-10-16(25(19,22)23)8-15(24-10)17(21)20-14-4-2-3-12-7-11(9-18)5-6-13(12)14/h5-8,14H,2-4,9,18H2,1H3,(H,20,21)(H2,19,22,23). The number of sulfonamides is 1. The van der Waals surface area contributed by atoms with Crippen LogP contribution in [0.4, 0.5) is 0 Å². The number of benzene rings is 1. The topological polar surface area (TPSA) is 115 Å². The Morgan fingerprint density at radius 1 is 1.36 bits per heavy atom. The van der Waals surface area contributed by atoms with E-state index in [9.17, 15) is 13.2 Å². The molecule has 25 heavy (non-hydrogen) atoms. The van der Waals surface area contributed by atoms with Crippen LogP contribution in [-0.2, 0) is 23.0 Å². The first-order valence-corrected chi connectivity index (χ1v) is 10.4. The van der Waals surface area contributed by atoms with Crippen molar-refractivity contribution in [3.8, 4) is 0 Å². The maximum absolute atomic E-state index is 12.6. The lowest BCUT2D eigenvalue weighted by Gasteiger charge is -2.26. The fourth-order valence-electron chi connectivity index (χ4n) is 3.23. The molecule has 1 unspecified atom stereocenters. The molecule has 1 amide bonds. The van der Waals surface area contributed by atoms with E-state index in [2.05, 4.69) is 11.4 Å². The van der Waals surface area contributed by atoms with Crippen molar-refractivity contribution in [2.75, 3.05) is 0 Å². The van der Waals surface area contributed by atoms with Crippen LogP contribution in [0.3, 0.4) is 0 Å². The van der Waals surface area contributed by atoms with Crippen LogP contribution in [0.15, 0.2) is 29.2 Å². The molecule has 1 atom stereocenters. The van der Waals surface area contributed by atoms with Gasteiger partial charge in [0.05, 0.1) is 15.8 Å². The van der Waals surface area contributed by atoms with Crippen LogP contribution >= 0.6 is 11.3 Å². The molecule has 0 saturated heterocycles. The monoisotopic (exact) mass is 379 g/mol. The number of rotatable bonds is 4. The molecule has 1 aromatic heterocycles. The Kier molecular flexibility index (Phi) is 4.97. The maximum Gasteiger partial charge on any atom is 0.261 e. The van der Waals surface area contributed by atoms with Gasteiger partial charge in [0.15, 0.2) is 0 Å². The van der Waals surface area contributed by atoms with Crippen LogP contribution in [0.25, 0.3) is 0 Å². The van der Waals surface area contributed by atoms with Crippen molar-refractivity contribution in [1.82, 2.24) is 5.32 Å². The molecule has 1 heterocycles. The van der Waals surface area contributed by atoms with Crippen LogP contribution < -0.4 is 16.2 Å². The van der Waals surface area contributed by atoms with Gasteiger partial charge in [0, 0.05) is 11.4 Å². The van der Waals surface area contributed by atoms with Crippen LogP contribution in [0.5, 0.6) is 0 Å². The van der Waals surface area contributed by atoms with Gasteiger partial charge in [-0.3, -0.25) is 4.79 Å². The summed E-state index contributed by atoms with van der Waals surface area (Å²) in [5, 5.41) is 8.21. The van der Waals surface area contributed by atoms with E-state index in [-0.39, 0.29) is 16.8 Å². The summed E-state index contributed by atoms with van der Waals surface area (Å²) >= 11 is 1.14. The highest BCUT2D eigenvalue weighted by Crippen LogP contribution is 2.31. The summed E-state index contributed by atoms with van der Waals surface area (Å²) in [4.78, 5) is 13.5. The number of primary sulfonamides is 1. The zero-order chi connectivity index (χ0) is 18.2. The number of thiophene rings is 1. The van der Waals surface area contributed by atoms with E-state index in [1.807, 2.05) is 12.1 Å². The van der Waals surface area contributed by atoms with Gasteiger partial charge >= 0.3 is 0 Å². The fraction of sp³-hybridized carbons (Fsp3) is 0.353. The van der Waals surface area contributed by atoms with Gasteiger partial charge in [-0.25, -0.2) is 13.6 Å². The Morgan fingerprint density at radius 2 is 2.12 bits per heavy atom. The number of hydrogen-bond acceptors (Lipinski definition) is 5. The zero-order valence-corrected chi connectivity index (χ0v) is 15.5. The molecule has 0 saturated carbocycles. The Morgan fingerprint density at radius 3 is 2.76 bits per heavy atom. The summed E-state index contributed by atoms with van der Waals surface area (Å²) < 4.78 is 23.1. The van der Waals surface area contributed by atoms with Gasteiger partial charge in [0.25, 0.3) is 5.91 Å². The summed E-state index contributed by atoms with van der Waals surface area (Å²) in [5.41, 5.74) is 9.10. The van der Waals surface area contributed by atoms with Crippen LogP contribution in [-0.4, -0.2) is 14.3 Å². The molecule has 5 N–H and O–H groups in total. The number of carbonyl (C=O) groups excluding carboxylic acids is 1. The molecule has 1 aliphatic rings. The van der Waals surface area contributed by atoms with E-state index in [4.69, 9.17) is 10.9 Å². The third kappa shape index (κ3) is 3.77. The van der Waals surface area contributed by atoms with Gasteiger partial charge in [-0.05, 0) is 48.9 Å². The lowest BCUT2D eigenvalue weighted by molar-refractivity contribution is 0.0936. The van der Waals surface area contributed by atoms with E-state index >= 15 is 0 Å². The molecule has 6 nitrogen and oxygen atoms in total. The second-order valence-corrected chi connectivity index (χ2v) is 9.02. The summed E-state index contributed by atoms with van der Waals surface area (Å²) in [5.74, 6) is -0.274. The molecule has 0 spiro atoms. The lowest BCUT2D eigenvalue weighted by Crippen LogP contribution is -2.30. The quantitative estimate of drug-likeness (QED) is 0.753. The second-order valence-electron chi connectivity index (χ2n) is 6.23.